The van der Waals surface area contributed by atoms with Gasteiger partial charge in [-0.25, -0.2) is 8.78 Å². The predicted octanol–water partition coefficient (Wildman–Crippen LogP) is 6.16. The first kappa shape index (κ1) is 26.9. The van der Waals surface area contributed by atoms with Crippen molar-refractivity contribution in [3.8, 4) is 0 Å². The fraction of sp³-hybridized carbons (Fsp3) is 0.375. The van der Waals surface area contributed by atoms with Gasteiger partial charge in [0.15, 0.2) is 0 Å². The number of rotatable bonds is 5. The molecule has 3 aromatic rings. The summed E-state index contributed by atoms with van der Waals surface area (Å²) in [4.78, 5) is 30.5. The maximum Gasteiger partial charge on any atom is 0.253 e. The summed E-state index contributed by atoms with van der Waals surface area (Å²) in [6.07, 6.45) is 4.35. The van der Waals surface area contributed by atoms with Crippen LogP contribution in [0.15, 0.2) is 60.7 Å². The number of carbonyl (C=O) groups is 2. The van der Waals surface area contributed by atoms with Crippen molar-refractivity contribution in [3.63, 3.8) is 0 Å². The van der Waals surface area contributed by atoms with Crippen LogP contribution in [0, 0.1) is 17.0 Å². The van der Waals surface area contributed by atoms with Crippen LogP contribution in [0.25, 0.3) is 0 Å². The van der Waals surface area contributed by atoms with Crippen LogP contribution in [0.5, 0.6) is 0 Å². The lowest BCUT2D eigenvalue weighted by molar-refractivity contribution is 0.0711. The Hall–Kier alpha value is -3.29. The van der Waals surface area contributed by atoms with Crippen molar-refractivity contribution in [2.45, 2.75) is 44.7 Å². The molecule has 2 heterocycles. The molecule has 40 heavy (non-hydrogen) atoms. The van der Waals surface area contributed by atoms with E-state index in [2.05, 4.69) is 10.2 Å². The molecule has 8 heteroatoms. The Morgan fingerprint density at radius 1 is 0.950 bits per heavy atom. The van der Waals surface area contributed by atoms with Crippen molar-refractivity contribution < 1.29 is 18.4 Å². The topological polar surface area (TPSA) is 52.7 Å². The highest BCUT2D eigenvalue weighted by atomic mass is 35.5. The van der Waals surface area contributed by atoms with Crippen LogP contribution >= 0.6 is 11.6 Å². The third kappa shape index (κ3) is 5.25. The first-order valence-electron chi connectivity index (χ1n) is 13.9. The van der Waals surface area contributed by atoms with Crippen LogP contribution in [0.4, 0.5) is 8.78 Å². The summed E-state index contributed by atoms with van der Waals surface area (Å²) in [5.41, 5.74) is 3.40. The number of carbonyl (C=O) groups excluding carboxylic acids is 2. The van der Waals surface area contributed by atoms with Gasteiger partial charge in [0.2, 0.25) is 0 Å². The van der Waals surface area contributed by atoms with Crippen molar-refractivity contribution in [3.05, 3.63) is 105 Å². The maximum atomic E-state index is 14.1. The molecule has 5 nitrogen and oxygen atoms in total. The zero-order valence-corrected chi connectivity index (χ0v) is 23.0. The number of aryl methyl sites for hydroxylation is 1. The highest BCUT2D eigenvalue weighted by Crippen LogP contribution is 2.41. The fourth-order valence-electron chi connectivity index (χ4n) is 6.56. The summed E-state index contributed by atoms with van der Waals surface area (Å²) in [7, 11) is 0. The average Bonchev–Trinajstić information content (AvgIpc) is 3.56. The number of hydrogen-bond acceptors (Lipinski definition) is 3. The van der Waals surface area contributed by atoms with Gasteiger partial charge in [-0.1, -0.05) is 35.9 Å². The molecule has 2 aliphatic heterocycles. The second-order valence-electron chi connectivity index (χ2n) is 11.4. The quantitative estimate of drug-likeness (QED) is 0.404. The van der Waals surface area contributed by atoms with E-state index in [1.807, 2.05) is 23.1 Å². The van der Waals surface area contributed by atoms with Crippen LogP contribution in [0.2, 0.25) is 5.02 Å². The van der Waals surface area contributed by atoms with E-state index in [9.17, 15) is 18.4 Å². The molecule has 1 spiro atoms. The number of benzene rings is 3. The third-order valence-electron chi connectivity index (χ3n) is 8.98. The Bertz CT molecular complexity index is 1430. The summed E-state index contributed by atoms with van der Waals surface area (Å²) in [6.45, 7) is 3.16. The number of fused-ring (bicyclic) bond motifs is 1. The Morgan fingerprint density at radius 3 is 2.42 bits per heavy atom. The van der Waals surface area contributed by atoms with Crippen molar-refractivity contribution >= 4 is 23.4 Å². The highest BCUT2D eigenvalue weighted by molar-refractivity contribution is 6.33. The number of amides is 2. The van der Waals surface area contributed by atoms with E-state index in [-0.39, 0.29) is 35.4 Å². The van der Waals surface area contributed by atoms with Gasteiger partial charge in [0.05, 0.1) is 16.6 Å². The number of nitrogens with zero attached hydrogens (tertiary/aromatic N) is 2. The van der Waals surface area contributed by atoms with E-state index in [0.717, 1.165) is 56.3 Å². The molecule has 3 aliphatic rings. The Labute approximate surface area is 238 Å². The van der Waals surface area contributed by atoms with Gasteiger partial charge in [-0.15, -0.1) is 0 Å². The molecule has 2 saturated heterocycles. The molecular formula is C32H32ClF2N3O2. The second kappa shape index (κ2) is 10.9. The SMILES string of the molecule is O=C(NC1CCc2ccc(C(=O)N3CCC4(CCN(Cc5c(F)cccc5F)CC4)C3)cc21)c1ccccc1Cl. The fourth-order valence-corrected chi connectivity index (χ4v) is 6.78. The summed E-state index contributed by atoms with van der Waals surface area (Å²) in [6, 6.07) is 16.7. The van der Waals surface area contributed by atoms with E-state index in [4.69, 9.17) is 11.6 Å². The lowest BCUT2D eigenvalue weighted by Crippen LogP contribution is -2.42. The van der Waals surface area contributed by atoms with Crippen molar-refractivity contribution in [2.24, 2.45) is 5.41 Å². The van der Waals surface area contributed by atoms with Crippen molar-refractivity contribution in [2.75, 3.05) is 26.2 Å². The lowest BCUT2D eigenvalue weighted by Gasteiger charge is -2.39. The molecular weight excluding hydrogens is 532 g/mol. The summed E-state index contributed by atoms with van der Waals surface area (Å²) >= 11 is 6.22. The maximum absolute atomic E-state index is 14.1. The number of hydrogen-bond donors (Lipinski definition) is 1. The van der Waals surface area contributed by atoms with E-state index >= 15 is 0 Å². The standard InChI is InChI=1S/C32H32ClF2N3O2/c33-26-5-2-1-4-23(26)30(39)36-29-11-10-21-8-9-22(18-24(21)29)31(40)38-17-14-32(20-38)12-15-37(16-13-32)19-25-27(34)6-3-7-28(25)35/h1-9,18,29H,10-17,19-20H2,(H,36,39). The van der Waals surface area contributed by atoms with Crippen LogP contribution in [-0.2, 0) is 13.0 Å². The first-order chi connectivity index (χ1) is 19.3. The van der Waals surface area contributed by atoms with E-state index < -0.39 is 11.6 Å². The average molecular weight is 564 g/mol. The van der Waals surface area contributed by atoms with E-state index in [0.29, 0.717) is 29.2 Å². The molecule has 0 saturated carbocycles. The van der Waals surface area contributed by atoms with Gasteiger partial charge >= 0.3 is 0 Å². The molecule has 1 atom stereocenters. The Morgan fingerprint density at radius 2 is 1.68 bits per heavy atom. The van der Waals surface area contributed by atoms with E-state index in [1.165, 1.54) is 18.2 Å². The number of likely N-dealkylation sites (tertiary alicyclic amines) is 2. The van der Waals surface area contributed by atoms with Crippen molar-refractivity contribution in [1.82, 2.24) is 15.1 Å². The van der Waals surface area contributed by atoms with Gasteiger partial charge in [0.25, 0.3) is 11.8 Å². The van der Waals surface area contributed by atoms with Gasteiger partial charge in [0.1, 0.15) is 11.6 Å². The van der Waals surface area contributed by atoms with Crippen LogP contribution in [0.1, 0.15) is 69.1 Å². The summed E-state index contributed by atoms with van der Waals surface area (Å²) in [5.74, 6) is -1.21. The smallest absolute Gasteiger partial charge is 0.253 e. The zero-order chi connectivity index (χ0) is 27.9. The monoisotopic (exact) mass is 563 g/mol. The van der Waals surface area contributed by atoms with E-state index in [1.54, 1.807) is 24.3 Å². The largest absolute Gasteiger partial charge is 0.345 e. The molecule has 0 aromatic heterocycles. The van der Waals surface area contributed by atoms with Crippen LogP contribution in [-0.4, -0.2) is 47.8 Å². The summed E-state index contributed by atoms with van der Waals surface area (Å²) in [5, 5.41) is 3.52. The van der Waals surface area contributed by atoms with Gasteiger partial charge in [-0.2, -0.15) is 0 Å². The second-order valence-corrected chi connectivity index (χ2v) is 11.8. The minimum absolute atomic E-state index is 0.0126. The van der Waals surface area contributed by atoms with Crippen LogP contribution in [0.3, 0.4) is 0 Å². The molecule has 208 valence electrons. The molecule has 1 N–H and O–H groups in total. The molecule has 1 unspecified atom stereocenters. The molecule has 2 fully saturated rings. The van der Waals surface area contributed by atoms with Gasteiger partial charge in [-0.05, 0) is 98.1 Å². The normalized spacial score (nSPS) is 20.1. The molecule has 3 aromatic carbocycles. The van der Waals surface area contributed by atoms with Gasteiger partial charge < -0.3 is 10.2 Å². The van der Waals surface area contributed by atoms with Gasteiger partial charge in [-0.3, -0.25) is 14.5 Å². The number of nitrogens with one attached hydrogen (secondary N) is 1. The number of halogens is 3. The zero-order valence-electron chi connectivity index (χ0n) is 22.3. The summed E-state index contributed by atoms with van der Waals surface area (Å²) < 4.78 is 28.3. The Balaban J connectivity index is 1.09. The van der Waals surface area contributed by atoms with Crippen molar-refractivity contribution in [1.29, 1.82) is 0 Å². The molecule has 1 aliphatic carbocycles. The molecule has 6 rings (SSSR count). The molecule has 2 amide bonds. The highest BCUT2D eigenvalue weighted by Gasteiger charge is 2.42. The molecule has 0 bridgehead atoms. The lowest BCUT2D eigenvalue weighted by atomic mass is 9.77. The number of piperidine rings is 1. The minimum atomic E-state index is -0.502. The third-order valence-corrected chi connectivity index (χ3v) is 9.31. The van der Waals surface area contributed by atoms with Gasteiger partial charge in [0, 0.05) is 30.8 Å². The molecule has 0 radical (unpaired) electrons. The van der Waals surface area contributed by atoms with Crippen LogP contribution < -0.4 is 5.32 Å². The predicted molar refractivity (Wildman–Crippen MR) is 150 cm³/mol. The first-order valence-corrected chi connectivity index (χ1v) is 14.3. The Kier molecular flexibility index (Phi) is 7.36. The minimum Gasteiger partial charge on any atom is -0.345 e.